The number of carbonyl (C=O) groups excluding carboxylic acids is 5. The highest BCUT2D eigenvalue weighted by atomic mass is 19.4. The number of pyridine rings is 1. The Hall–Kier alpha value is -4.95. The first-order chi connectivity index (χ1) is 21.3. The third-order valence-corrected chi connectivity index (χ3v) is 7.33. The van der Waals surface area contributed by atoms with E-state index in [2.05, 4.69) is 25.9 Å². The molecule has 0 aliphatic carbocycles. The number of ether oxygens (including phenoxy) is 2. The van der Waals surface area contributed by atoms with E-state index >= 15 is 0 Å². The van der Waals surface area contributed by atoms with E-state index in [0.717, 1.165) is 0 Å². The van der Waals surface area contributed by atoms with Crippen molar-refractivity contribution >= 4 is 40.4 Å². The van der Waals surface area contributed by atoms with E-state index < -0.39 is 66.0 Å². The van der Waals surface area contributed by atoms with Crippen molar-refractivity contribution in [1.82, 2.24) is 25.9 Å². The van der Waals surface area contributed by atoms with E-state index in [1.165, 1.54) is 21.0 Å². The molecule has 0 bridgehead atoms. The van der Waals surface area contributed by atoms with Gasteiger partial charge in [0.1, 0.15) is 11.4 Å². The van der Waals surface area contributed by atoms with Crippen LogP contribution in [0.25, 0.3) is 10.9 Å². The number of amides is 3. The third-order valence-electron chi connectivity index (χ3n) is 7.33. The Morgan fingerprint density at radius 3 is 2.60 bits per heavy atom. The number of nitrogens with zero attached hydrogens (tertiary/aromatic N) is 1. The van der Waals surface area contributed by atoms with Crippen LogP contribution in [0.1, 0.15) is 57.1 Å². The van der Waals surface area contributed by atoms with E-state index in [1.54, 1.807) is 24.3 Å². The lowest BCUT2D eigenvalue weighted by Crippen LogP contribution is -2.49. The van der Waals surface area contributed by atoms with Gasteiger partial charge >= 0.3 is 12.1 Å². The first-order valence-electron chi connectivity index (χ1n) is 14.0. The number of esters is 1. The van der Waals surface area contributed by atoms with Crippen molar-refractivity contribution < 1.29 is 46.6 Å². The van der Waals surface area contributed by atoms with Crippen LogP contribution in [-0.2, 0) is 25.3 Å². The second-order valence-corrected chi connectivity index (χ2v) is 10.6. The van der Waals surface area contributed by atoms with Gasteiger partial charge in [0.25, 0.3) is 5.91 Å². The molecular formula is C30H32F3N5O7. The van der Waals surface area contributed by atoms with Gasteiger partial charge in [0.05, 0.1) is 36.5 Å². The van der Waals surface area contributed by atoms with E-state index in [1.807, 2.05) is 0 Å². The minimum atomic E-state index is -4.88. The normalized spacial score (nSPS) is 15.6. The molecule has 0 spiro atoms. The van der Waals surface area contributed by atoms with Crippen LogP contribution in [0.2, 0.25) is 0 Å². The van der Waals surface area contributed by atoms with Crippen LogP contribution >= 0.6 is 0 Å². The molecule has 1 saturated heterocycles. The van der Waals surface area contributed by atoms with Crippen molar-refractivity contribution in [3.05, 3.63) is 58.5 Å². The van der Waals surface area contributed by atoms with Crippen LogP contribution in [-0.4, -0.2) is 72.3 Å². The average molecular weight is 632 g/mol. The molecule has 0 unspecified atom stereocenters. The fourth-order valence-corrected chi connectivity index (χ4v) is 5.16. The first kappa shape index (κ1) is 33.0. The van der Waals surface area contributed by atoms with Crippen molar-refractivity contribution in [3.8, 4) is 5.75 Å². The molecule has 3 heterocycles. The van der Waals surface area contributed by atoms with Crippen molar-refractivity contribution in [1.29, 1.82) is 0 Å². The second-order valence-electron chi connectivity index (χ2n) is 10.6. The van der Waals surface area contributed by atoms with E-state index in [4.69, 9.17) is 9.47 Å². The van der Waals surface area contributed by atoms with Crippen LogP contribution < -0.4 is 20.7 Å². The first-order valence-corrected chi connectivity index (χ1v) is 14.0. The summed E-state index contributed by atoms with van der Waals surface area (Å²) in [7, 11) is 1.49. The molecule has 2 aromatic heterocycles. The Labute approximate surface area is 255 Å². The number of methoxy groups -OCH3 is 1. The number of halogens is 3. The Morgan fingerprint density at radius 2 is 1.91 bits per heavy atom. The van der Waals surface area contributed by atoms with Gasteiger partial charge in [-0.15, -0.1) is 0 Å². The number of hydrogen-bond donors (Lipinski definition) is 4. The number of fused-ring (bicyclic) bond motifs is 1. The quantitative estimate of drug-likeness (QED) is 0.234. The third kappa shape index (κ3) is 7.96. The fourth-order valence-electron chi connectivity index (χ4n) is 5.16. The number of ketones is 1. The van der Waals surface area contributed by atoms with Crippen molar-refractivity contribution in [2.45, 2.75) is 45.3 Å². The monoisotopic (exact) mass is 631 g/mol. The number of rotatable bonds is 11. The molecule has 1 fully saturated rings. The van der Waals surface area contributed by atoms with Crippen LogP contribution in [0.4, 0.5) is 13.2 Å². The van der Waals surface area contributed by atoms with Crippen molar-refractivity contribution in [2.24, 2.45) is 5.92 Å². The summed E-state index contributed by atoms with van der Waals surface area (Å²) in [5.74, 6) is -4.11. The molecule has 0 saturated carbocycles. The summed E-state index contributed by atoms with van der Waals surface area (Å²) < 4.78 is 51.2. The van der Waals surface area contributed by atoms with Gasteiger partial charge in [-0.25, -0.2) is 4.79 Å². The number of nitrogens with one attached hydrogen (secondary N) is 4. The summed E-state index contributed by atoms with van der Waals surface area (Å²) in [6, 6.07) is 6.12. The van der Waals surface area contributed by atoms with Gasteiger partial charge in [0, 0.05) is 29.1 Å². The smallest absolute Gasteiger partial charge is 0.417 e. The highest BCUT2D eigenvalue weighted by Crippen LogP contribution is 2.34. The molecule has 1 aromatic carbocycles. The Bertz CT molecular complexity index is 1640. The number of H-pyrrole nitrogens is 1. The Kier molecular flexibility index (Phi) is 10.1. The lowest BCUT2D eigenvalue weighted by molar-refractivity contribution is -0.138. The fraction of sp³-hybridized carbons (Fsp3) is 0.400. The van der Waals surface area contributed by atoms with Gasteiger partial charge in [0.15, 0.2) is 12.4 Å². The number of aromatic amines is 1. The zero-order valence-electron chi connectivity index (χ0n) is 24.7. The minimum Gasteiger partial charge on any atom is -0.496 e. The molecular weight excluding hydrogens is 599 g/mol. The predicted molar refractivity (Wildman–Crippen MR) is 153 cm³/mol. The number of aromatic nitrogens is 2. The van der Waals surface area contributed by atoms with E-state index in [0.29, 0.717) is 42.1 Å². The van der Waals surface area contributed by atoms with Crippen molar-refractivity contribution in [3.63, 3.8) is 0 Å². The second kappa shape index (κ2) is 13.8. The van der Waals surface area contributed by atoms with Crippen LogP contribution in [0, 0.1) is 19.8 Å². The molecule has 4 rings (SSSR count). The lowest BCUT2D eigenvalue weighted by atomic mass is 9.90. The van der Waals surface area contributed by atoms with Gasteiger partial charge in [-0.2, -0.15) is 13.2 Å². The SMILES string of the molecule is COc1cccc2[nH]c(C(=O)NCC(=O)N[C@@H](C[C@@H]3CCCNC3=O)C(=O)COC(=O)c3c(C(F)(F)F)cc(C)nc3C)cc12. The zero-order chi connectivity index (χ0) is 32.9. The van der Waals surface area contributed by atoms with Gasteiger partial charge in [-0.3, -0.25) is 24.2 Å². The number of alkyl halides is 3. The largest absolute Gasteiger partial charge is 0.496 e. The maximum Gasteiger partial charge on any atom is 0.417 e. The number of carbonyl (C=O) groups is 5. The predicted octanol–water partition coefficient (Wildman–Crippen LogP) is 2.76. The van der Waals surface area contributed by atoms with Crippen LogP contribution in [0.3, 0.4) is 0 Å². The molecule has 3 amide bonds. The van der Waals surface area contributed by atoms with E-state index in [-0.39, 0.29) is 29.4 Å². The highest BCUT2D eigenvalue weighted by molar-refractivity contribution is 6.01. The zero-order valence-corrected chi connectivity index (χ0v) is 24.7. The van der Waals surface area contributed by atoms with Gasteiger partial charge < -0.3 is 30.4 Å². The minimum absolute atomic E-state index is 0.0392. The molecule has 2 atom stereocenters. The molecule has 4 N–H and O–H groups in total. The Balaban J connectivity index is 1.44. The molecule has 0 radical (unpaired) electrons. The van der Waals surface area contributed by atoms with Crippen LogP contribution in [0.5, 0.6) is 5.75 Å². The molecule has 45 heavy (non-hydrogen) atoms. The Morgan fingerprint density at radius 1 is 1.16 bits per heavy atom. The standard InChI is InChI=1S/C30H32F3N5O7/c1-15-10-19(30(31,32)33)26(16(2)36-15)29(43)45-14-23(39)21(11-17-6-5-9-34-27(17)41)38-25(40)13-35-28(42)22-12-18-20(37-22)7-4-8-24(18)44-3/h4,7-8,10,12,17,21,37H,5-6,9,11,13-14H2,1-3H3,(H,34,41)(H,35,42)(H,38,40)/t17-,21-/m0/s1. The maximum atomic E-state index is 13.6. The molecule has 240 valence electrons. The number of Topliss-reactive ketones (excluding diaryl/α,β-unsaturated/α-hetero) is 1. The maximum absolute atomic E-state index is 13.6. The summed E-state index contributed by atoms with van der Waals surface area (Å²) in [4.78, 5) is 70.7. The molecule has 1 aliphatic rings. The molecule has 15 heteroatoms. The van der Waals surface area contributed by atoms with Gasteiger partial charge in [0.2, 0.25) is 11.8 Å². The number of aryl methyl sites for hydroxylation is 2. The number of hydrogen-bond acceptors (Lipinski definition) is 8. The summed E-state index contributed by atoms with van der Waals surface area (Å²) >= 11 is 0. The summed E-state index contributed by atoms with van der Waals surface area (Å²) in [6.07, 6.45) is -3.98. The average Bonchev–Trinajstić information content (AvgIpc) is 3.43. The van der Waals surface area contributed by atoms with E-state index in [9.17, 15) is 37.1 Å². The topological polar surface area (TPSA) is 169 Å². The molecule has 12 nitrogen and oxygen atoms in total. The molecule has 1 aliphatic heterocycles. The summed E-state index contributed by atoms with van der Waals surface area (Å²) in [5.41, 5.74) is -1.48. The van der Waals surface area contributed by atoms with Gasteiger partial charge in [-0.05, 0) is 57.4 Å². The van der Waals surface area contributed by atoms with Crippen molar-refractivity contribution in [2.75, 3.05) is 26.8 Å². The number of benzene rings is 1. The van der Waals surface area contributed by atoms with Gasteiger partial charge in [-0.1, -0.05) is 6.07 Å². The summed E-state index contributed by atoms with van der Waals surface area (Å²) in [5, 5.41) is 8.23. The van der Waals surface area contributed by atoms with Crippen LogP contribution in [0.15, 0.2) is 30.3 Å². The summed E-state index contributed by atoms with van der Waals surface area (Å²) in [6.45, 7) is 1.48. The number of piperidine rings is 1. The molecule has 3 aromatic rings. The lowest BCUT2D eigenvalue weighted by Gasteiger charge is -2.26. The highest BCUT2D eigenvalue weighted by Gasteiger charge is 2.38.